The van der Waals surface area contributed by atoms with Crippen molar-refractivity contribution in [3.63, 3.8) is 0 Å². The largest absolute Gasteiger partial charge is 0.495 e. The zero-order chi connectivity index (χ0) is 24.1. The first kappa shape index (κ1) is 23.4. The number of carbonyl (C=O) groups is 2. The monoisotopic (exact) mass is 449 g/mol. The summed E-state index contributed by atoms with van der Waals surface area (Å²) in [6, 6.07) is 10.6. The Balaban J connectivity index is 1.95. The van der Waals surface area contributed by atoms with Crippen LogP contribution in [-0.4, -0.2) is 36.8 Å². The number of nitrogens with one attached hydrogen (secondary N) is 4. The number of pyridine rings is 1. The van der Waals surface area contributed by atoms with Crippen LogP contribution >= 0.6 is 0 Å². The summed E-state index contributed by atoms with van der Waals surface area (Å²) < 4.78 is 20.0. The number of aromatic nitrogens is 1. The summed E-state index contributed by atoms with van der Waals surface area (Å²) in [6.45, 7) is 3.66. The lowest BCUT2D eigenvalue weighted by atomic mass is 10.1. The molecular formula is C24H24FN5O3. The predicted octanol–water partition coefficient (Wildman–Crippen LogP) is 3.90. The fourth-order valence-electron chi connectivity index (χ4n) is 3.13. The fourth-order valence-corrected chi connectivity index (χ4v) is 3.13. The molecule has 0 spiro atoms. The van der Waals surface area contributed by atoms with E-state index in [1.165, 1.54) is 19.2 Å². The van der Waals surface area contributed by atoms with Crippen molar-refractivity contribution in [3.8, 4) is 5.75 Å². The molecule has 0 saturated heterocycles. The molecule has 3 aromatic rings. The van der Waals surface area contributed by atoms with Crippen molar-refractivity contribution in [1.82, 2.24) is 10.3 Å². The Morgan fingerprint density at radius 2 is 1.70 bits per heavy atom. The van der Waals surface area contributed by atoms with Crippen molar-refractivity contribution in [1.29, 1.82) is 5.41 Å². The van der Waals surface area contributed by atoms with Gasteiger partial charge in [0.05, 0.1) is 23.9 Å². The van der Waals surface area contributed by atoms with Gasteiger partial charge in [0.15, 0.2) is 0 Å². The van der Waals surface area contributed by atoms with E-state index in [1.54, 1.807) is 38.4 Å². The molecule has 4 N–H and O–H groups in total. The average molecular weight is 449 g/mol. The molecule has 0 unspecified atom stereocenters. The minimum absolute atomic E-state index is 0.0183. The van der Waals surface area contributed by atoms with Crippen molar-refractivity contribution in [3.05, 3.63) is 82.3 Å². The molecule has 8 nitrogen and oxygen atoms in total. The highest BCUT2D eigenvalue weighted by Gasteiger charge is 2.22. The molecule has 0 aliphatic rings. The lowest BCUT2D eigenvalue weighted by Gasteiger charge is -2.16. The lowest BCUT2D eigenvalue weighted by molar-refractivity contribution is 0.102. The Morgan fingerprint density at radius 1 is 0.970 bits per heavy atom. The van der Waals surface area contributed by atoms with Crippen molar-refractivity contribution in [2.24, 2.45) is 0 Å². The van der Waals surface area contributed by atoms with Crippen LogP contribution in [0.3, 0.4) is 0 Å². The molecule has 33 heavy (non-hydrogen) atoms. The fraction of sp³-hybridized carbons (Fsp3) is 0.167. The topological polar surface area (TPSA) is 116 Å². The summed E-state index contributed by atoms with van der Waals surface area (Å²) >= 11 is 0. The number of halogens is 1. The molecule has 2 aromatic carbocycles. The summed E-state index contributed by atoms with van der Waals surface area (Å²) in [6.07, 6.45) is 1.62. The predicted molar refractivity (Wildman–Crippen MR) is 125 cm³/mol. The van der Waals surface area contributed by atoms with Gasteiger partial charge in [0.25, 0.3) is 11.8 Å². The van der Waals surface area contributed by atoms with Crippen LogP contribution in [0.2, 0.25) is 0 Å². The molecule has 0 aliphatic heterocycles. The van der Waals surface area contributed by atoms with Gasteiger partial charge in [-0.05, 0) is 55.3 Å². The molecule has 0 bridgehead atoms. The van der Waals surface area contributed by atoms with Gasteiger partial charge >= 0.3 is 0 Å². The third kappa shape index (κ3) is 5.32. The van der Waals surface area contributed by atoms with Gasteiger partial charge in [0.2, 0.25) is 0 Å². The number of rotatable bonds is 6. The van der Waals surface area contributed by atoms with E-state index in [-0.39, 0.29) is 28.4 Å². The molecule has 0 aliphatic carbocycles. The Hall–Kier alpha value is -4.27. The maximum Gasteiger partial charge on any atom is 0.259 e. The third-order valence-electron chi connectivity index (χ3n) is 4.85. The SMILES string of the molecule is CNC(=N)c1ccc(C(=O)Nc2c(OC)cc(C)cc2C(=O)Nc2ccc(C)cn2)c(F)c1. The maximum atomic E-state index is 14.6. The number of anilines is 2. The number of nitrogens with zero attached hydrogens (tertiary/aromatic N) is 1. The minimum Gasteiger partial charge on any atom is -0.495 e. The van der Waals surface area contributed by atoms with Gasteiger partial charge in [-0.3, -0.25) is 15.0 Å². The van der Waals surface area contributed by atoms with E-state index in [9.17, 15) is 14.0 Å². The number of hydrogen-bond acceptors (Lipinski definition) is 5. The van der Waals surface area contributed by atoms with Crippen molar-refractivity contribution >= 4 is 29.2 Å². The molecule has 0 atom stereocenters. The standard InChI is InChI=1S/C24H24FN5O3/c1-13-5-8-20(28-12-13)29-24(32)17-9-14(2)10-19(33-4)21(17)30-23(31)16-7-6-15(11-18(16)25)22(26)27-3/h5-12H,1-4H3,(H2,26,27)(H,30,31)(H,28,29,32). The zero-order valence-electron chi connectivity index (χ0n) is 18.7. The summed E-state index contributed by atoms with van der Waals surface area (Å²) in [4.78, 5) is 30.1. The second kappa shape index (κ2) is 9.90. The highest BCUT2D eigenvalue weighted by molar-refractivity contribution is 6.13. The molecule has 0 saturated carbocycles. The van der Waals surface area contributed by atoms with Gasteiger partial charge in [-0.25, -0.2) is 9.37 Å². The van der Waals surface area contributed by atoms with Gasteiger partial charge in [0.1, 0.15) is 23.2 Å². The van der Waals surface area contributed by atoms with Crippen LogP contribution < -0.4 is 20.7 Å². The molecule has 1 heterocycles. The second-order valence-electron chi connectivity index (χ2n) is 7.34. The van der Waals surface area contributed by atoms with Gasteiger partial charge in [0, 0.05) is 18.8 Å². The summed E-state index contributed by atoms with van der Waals surface area (Å²) in [7, 11) is 2.95. The van der Waals surface area contributed by atoms with E-state index in [0.29, 0.717) is 11.4 Å². The van der Waals surface area contributed by atoms with E-state index in [0.717, 1.165) is 17.2 Å². The molecule has 0 fully saturated rings. The molecule has 1 aromatic heterocycles. The van der Waals surface area contributed by atoms with Gasteiger partial charge in [-0.1, -0.05) is 12.1 Å². The number of hydrogen-bond donors (Lipinski definition) is 4. The van der Waals surface area contributed by atoms with Crippen molar-refractivity contribution < 1.29 is 18.7 Å². The average Bonchev–Trinajstić information content (AvgIpc) is 2.80. The smallest absolute Gasteiger partial charge is 0.259 e. The quantitative estimate of drug-likeness (QED) is 0.337. The third-order valence-corrected chi connectivity index (χ3v) is 4.85. The zero-order valence-corrected chi connectivity index (χ0v) is 18.7. The highest BCUT2D eigenvalue weighted by atomic mass is 19.1. The van der Waals surface area contributed by atoms with Crippen molar-refractivity contribution in [2.75, 3.05) is 24.8 Å². The van der Waals surface area contributed by atoms with Crippen LogP contribution in [-0.2, 0) is 0 Å². The number of aryl methyl sites for hydroxylation is 2. The van der Waals surface area contributed by atoms with Crippen LogP contribution in [0.15, 0.2) is 48.7 Å². The van der Waals surface area contributed by atoms with Gasteiger partial charge < -0.3 is 20.7 Å². The number of methoxy groups -OCH3 is 1. The number of amides is 2. The molecular weight excluding hydrogens is 425 g/mol. The molecule has 9 heteroatoms. The highest BCUT2D eigenvalue weighted by Crippen LogP contribution is 2.31. The van der Waals surface area contributed by atoms with E-state index in [2.05, 4.69) is 20.9 Å². The van der Waals surface area contributed by atoms with Crippen LogP contribution in [0.5, 0.6) is 5.75 Å². The second-order valence-corrected chi connectivity index (χ2v) is 7.34. The first-order valence-corrected chi connectivity index (χ1v) is 10.0. The number of benzene rings is 2. The maximum absolute atomic E-state index is 14.6. The number of amidine groups is 1. The van der Waals surface area contributed by atoms with Crippen molar-refractivity contribution in [2.45, 2.75) is 13.8 Å². The molecule has 3 rings (SSSR count). The minimum atomic E-state index is -0.800. The summed E-state index contributed by atoms with van der Waals surface area (Å²) in [5.74, 6) is -1.46. The van der Waals surface area contributed by atoms with E-state index in [1.807, 2.05) is 13.0 Å². The first-order chi connectivity index (χ1) is 15.7. The van der Waals surface area contributed by atoms with Crippen LogP contribution in [0.25, 0.3) is 0 Å². The van der Waals surface area contributed by atoms with Crippen LogP contribution in [0.4, 0.5) is 15.9 Å². The first-order valence-electron chi connectivity index (χ1n) is 10.0. The van der Waals surface area contributed by atoms with E-state index >= 15 is 0 Å². The summed E-state index contributed by atoms with van der Waals surface area (Å²) in [5, 5.41) is 15.6. The van der Waals surface area contributed by atoms with Gasteiger partial charge in [-0.15, -0.1) is 0 Å². The summed E-state index contributed by atoms with van der Waals surface area (Å²) in [5.41, 5.74) is 1.96. The number of carbonyl (C=O) groups excluding carboxylic acids is 2. The Kier molecular flexibility index (Phi) is 7.02. The van der Waals surface area contributed by atoms with E-state index < -0.39 is 17.6 Å². The Morgan fingerprint density at radius 3 is 2.30 bits per heavy atom. The van der Waals surface area contributed by atoms with Crippen LogP contribution in [0, 0.1) is 25.1 Å². The van der Waals surface area contributed by atoms with Gasteiger partial charge in [-0.2, -0.15) is 0 Å². The molecule has 0 radical (unpaired) electrons. The normalized spacial score (nSPS) is 10.3. The molecule has 2 amide bonds. The van der Waals surface area contributed by atoms with Crippen LogP contribution in [0.1, 0.15) is 37.4 Å². The Labute approximate surface area is 190 Å². The lowest BCUT2D eigenvalue weighted by Crippen LogP contribution is -2.21. The molecule has 170 valence electrons. The van der Waals surface area contributed by atoms with E-state index in [4.69, 9.17) is 10.1 Å². The number of ether oxygens (including phenoxy) is 1. The Bertz CT molecular complexity index is 1230.